The van der Waals surface area contributed by atoms with E-state index in [1.807, 2.05) is 13.0 Å². The number of epoxide rings is 1. The van der Waals surface area contributed by atoms with Crippen molar-refractivity contribution >= 4 is 76.5 Å². The van der Waals surface area contributed by atoms with Crippen LogP contribution in [-0.4, -0.2) is 166 Å². The van der Waals surface area contributed by atoms with Crippen molar-refractivity contribution in [3.05, 3.63) is 70.3 Å². The highest BCUT2D eigenvalue weighted by molar-refractivity contribution is 6.35. The minimum atomic E-state index is -1.69. The topological polar surface area (TPSA) is 322 Å². The largest absolute Gasteiger partial charge is 0.497 e. The van der Waals surface area contributed by atoms with Crippen LogP contribution in [0, 0.1) is 17.8 Å². The molecule has 3 fully saturated rings. The van der Waals surface area contributed by atoms with E-state index < -0.39 is 120 Å². The number of rotatable bonds is 24. The zero-order valence-corrected chi connectivity index (χ0v) is 53.1. The summed E-state index contributed by atoms with van der Waals surface area (Å²) in [6, 6.07) is 3.21. The molecule has 1 saturated carbocycles. The van der Waals surface area contributed by atoms with Gasteiger partial charge in [0.25, 0.3) is 5.91 Å². The molecule has 6 rings (SSSR count). The molecule has 2 aromatic carbocycles. The van der Waals surface area contributed by atoms with Crippen molar-refractivity contribution in [2.75, 3.05) is 58.8 Å². The normalized spacial score (nSPS) is 24.9. The molecule has 1 aliphatic carbocycles. The van der Waals surface area contributed by atoms with E-state index in [0.717, 1.165) is 35.3 Å². The summed E-state index contributed by atoms with van der Waals surface area (Å²) in [5.74, 6) is -5.51. The van der Waals surface area contributed by atoms with Gasteiger partial charge in [-0.2, -0.15) is 0 Å². The Morgan fingerprint density at radius 1 is 0.966 bits per heavy atom. The van der Waals surface area contributed by atoms with Gasteiger partial charge < -0.3 is 75.1 Å². The molecule has 4 aliphatic rings. The molecule has 25 heteroatoms. The van der Waals surface area contributed by atoms with Gasteiger partial charge in [0.05, 0.1) is 62.6 Å². The molecule has 4 bridgehead atoms. The molecule has 88 heavy (non-hydrogen) atoms. The minimum absolute atomic E-state index is 0.0232. The number of amides is 7. The summed E-state index contributed by atoms with van der Waals surface area (Å²) in [6.45, 7) is 10.5. The fourth-order valence-electron chi connectivity index (χ4n) is 11.1. The van der Waals surface area contributed by atoms with Crippen molar-refractivity contribution in [3.8, 4) is 11.5 Å². The Kier molecular flexibility index (Phi) is 24.8. The monoisotopic (exact) mass is 1250 g/mol. The third-order valence-corrected chi connectivity index (χ3v) is 17.4. The average molecular weight is 1250 g/mol. The minimum Gasteiger partial charge on any atom is -0.497 e. The number of esters is 3. The molecular formula is C63H88ClN7O17. The van der Waals surface area contributed by atoms with Gasteiger partial charge in [-0.3, -0.25) is 33.6 Å². The number of methoxy groups -OCH3 is 3. The van der Waals surface area contributed by atoms with Crippen molar-refractivity contribution in [2.24, 2.45) is 23.5 Å². The molecule has 24 nitrogen and oxygen atoms in total. The zero-order chi connectivity index (χ0) is 64.8. The lowest BCUT2D eigenvalue weighted by atomic mass is 9.78. The van der Waals surface area contributed by atoms with Gasteiger partial charge in [-0.15, -0.1) is 0 Å². The molecule has 10 atom stereocenters. The first-order chi connectivity index (χ1) is 41.6. The van der Waals surface area contributed by atoms with Gasteiger partial charge in [0, 0.05) is 52.6 Å². The number of hydrogen-bond donors (Lipinski definition) is 6. The molecule has 484 valence electrons. The molecule has 2 saturated heterocycles. The lowest BCUT2D eigenvalue weighted by molar-refractivity contribution is -0.187. The molecule has 0 spiro atoms. The Hall–Kier alpha value is -7.28. The maximum absolute atomic E-state index is 14.7. The van der Waals surface area contributed by atoms with Crippen LogP contribution >= 0.6 is 11.6 Å². The lowest BCUT2D eigenvalue weighted by Crippen LogP contribution is -2.54. The number of fused-ring (bicyclic) bond motifs is 5. The highest BCUT2D eigenvalue weighted by atomic mass is 35.5. The van der Waals surface area contributed by atoms with E-state index in [-0.39, 0.29) is 79.2 Å². The van der Waals surface area contributed by atoms with Gasteiger partial charge in [-0.1, -0.05) is 62.6 Å². The fourth-order valence-corrected chi connectivity index (χ4v) is 11.4. The van der Waals surface area contributed by atoms with Gasteiger partial charge in [0.2, 0.25) is 23.6 Å². The molecule has 2 aromatic rings. The lowest BCUT2D eigenvalue weighted by Gasteiger charge is -2.41. The van der Waals surface area contributed by atoms with Crippen LogP contribution in [0.4, 0.5) is 16.2 Å². The first-order valence-corrected chi connectivity index (χ1v) is 30.4. The standard InChI is InChI=1S/C63H88ClN7O17/c1-35(2)54(69-50(72)23-13-12-14-27-85-60(79)40-19-16-20-40)57(76)67-43(21-17-26-66-61(65)80)56(75)68-44-31-41(82-9)24-25-42(44)58(77)70(7)38(5)59(78)87-49-32-51(73)71(8)45-29-39(30-46(83-10)53(45)64)28-36(3)18-15-22-48(84-11)63(81)33-47(86-52(74)34-63)37(4)55-62(49,6)88-55/h15,18,22,24-25,29-31,35,37-38,40,43,47-49,54-55,81H,12-14,16-17,19-21,23,26-28,32-34H2,1-11H3,(H,67,76)(H,68,75)(H,69,72)(H3,65,66,80)/b22-15+,36-18+/t37-,38+,43+,47+,48-,49+,54+,55+,62+,63-/m1/s1. The number of nitrogens with two attached hydrogens (primary N) is 1. The van der Waals surface area contributed by atoms with Crippen molar-refractivity contribution in [1.82, 2.24) is 20.9 Å². The number of benzene rings is 2. The second-order valence-corrected chi connectivity index (χ2v) is 24.3. The summed E-state index contributed by atoms with van der Waals surface area (Å²) in [5.41, 5.74) is 3.97. The number of allylic oxidation sites excluding steroid dienone is 3. The molecular weight excluding hydrogens is 1160 g/mol. The van der Waals surface area contributed by atoms with Crippen molar-refractivity contribution in [1.29, 1.82) is 0 Å². The van der Waals surface area contributed by atoms with Crippen molar-refractivity contribution in [3.63, 3.8) is 0 Å². The number of urea groups is 1. The van der Waals surface area contributed by atoms with E-state index >= 15 is 0 Å². The molecule has 0 aromatic heterocycles. The smallest absolute Gasteiger partial charge is 0.328 e. The number of primary amides is 1. The van der Waals surface area contributed by atoms with Crippen LogP contribution in [-0.2, 0) is 63.7 Å². The Morgan fingerprint density at radius 2 is 1.69 bits per heavy atom. The third kappa shape index (κ3) is 18.0. The van der Waals surface area contributed by atoms with E-state index in [4.69, 9.17) is 50.5 Å². The van der Waals surface area contributed by atoms with Crippen LogP contribution < -0.4 is 41.4 Å². The number of nitrogens with zero attached hydrogens (tertiary/aromatic N) is 2. The number of nitrogens with one attached hydrogen (secondary N) is 4. The van der Waals surface area contributed by atoms with Gasteiger partial charge in [0.15, 0.2) is 0 Å². The number of halogens is 1. The van der Waals surface area contributed by atoms with Crippen LogP contribution in [0.15, 0.2) is 54.1 Å². The maximum atomic E-state index is 14.7. The second kappa shape index (κ2) is 31.3. The molecule has 0 radical (unpaired) electrons. The molecule has 0 unspecified atom stereocenters. The second-order valence-electron chi connectivity index (χ2n) is 23.9. The van der Waals surface area contributed by atoms with Crippen LogP contribution in [0.1, 0.15) is 135 Å². The van der Waals surface area contributed by atoms with E-state index in [1.165, 1.54) is 65.4 Å². The number of ether oxygens (including phenoxy) is 7. The first kappa shape index (κ1) is 69.8. The number of anilines is 2. The van der Waals surface area contributed by atoms with Crippen LogP contribution in [0.2, 0.25) is 5.02 Å². The summed E-state index contributed by atoms with van der Waals surface area (Å²) in [7, 11) is 7.13. The SMILES string of the molecule is COc1ccc(C(=O)N(C)[C@@H](C)C(=O)O[C@H]2CC(=O)N(C)c3cc(cc(OC)c3Cl)C/C(C)=C/C=C/[C@@H](OC)[C@]3(O)CC(=O)O[C@@H](C3)[C@@H](C)[C@@H]3O[C@@]23C)c(NC(=O)[C@H](CCCNC(N)=O)NC(=O)[C@@H](NC(=O)CCCCCOC(=O)C2CCC2)C(C)C)c1. The molecule has 7 N–H and O–H groups in total. The summed E-state index contributed by atoms with van der Waals surface area (Å²) < 4.78 is 40.7. The quantitative estimate of drug-likeness (QED) is 0.0304. The van der Waals surface area contributed by atoms with Crippen LogP contribution in [0.3, 0.4) is 0 Å². The van der Waals surface area contributed by atoms with Gasteiger partial charge in [-0.25, -0.2) is 9.59 Å². The fraction of sp³-hybridized carbons (Fsp3) is 0.603. The predicted molar refractivity (Wildman–Crippen MR) is 325 cm³/mol. The molecule has 7 amide bonds. The number of likely N-dealkylation sites (N-methyl/N-ethyl adjacent to an activating group) is 1. The van der Waals surface area contributed by atoms with Gasteiger partial charge in [0.1, 0.15) is 64.2 Å². The zero-order valence-electron chi connectivity index (χ0n) is 52.3. The Labute approximate surface area is 519 Å². The van der Waals surface area contributed by atoms with Crippen molar-refractivity contribution < 1.29 is 81.4 Å². The maximum Gasteiger partial charge on any atom is 0.328 e. The summed E-state index contributed by atoms with van der Waals surface area (Å²) in [6.07, 6.45) is 5.44. The number of aliphatic hydroxyl groups is 1. The van der Waals surface area contributed by atoms with E-state index in [2.05, 4.69) is 21.3 Å². The van der Waals surface area contributed by atoms with Gasteiger partial charge >= 0.3 is 23.9 Å². The first-order valence-electron chi connectivity index (χ1n) is 30.0. The van der Waals surface area contributed by atoms with Crippen LogP contribution in [0.25, 0.3) is 0 Å². The average Bonchev–Trinajstić information content (AvgIpc) is 1.78. The number of unbranched alkanes of at least 4 members (excludes halogenated alkanes) is 2. The van der Waals surface area contributed by atoms with Crippen LogP contribution in [0.5, 0.6) is 11.5 Å². The molecule has 3 heterocycles. The number of hydrogen-bond acceptors (Lipinski definition) is 17. The summed E-state index contributed by atoms with van der Waals surface area (Å²) in [5, 5.41) is 23.0. The third-order valence-electron chi connectivity index (χ3n) is 17.0. The number of carbonyl (C=O) groups excluding carboxylic acids is 9. The highest BCUT2D eigenvalue weighted by Crippen LogP contribution is 2.50. The highest BCUT2D eigenvalue weighted by Gasteiger charge is 2.64. The van der Waals surface area contributed by atoms with E-state index in [9.17, 15) is 48.3 Å². The summed E-state index contributed by atoms with van der Waals surface area (Å²) >= 11 is 6.88. The number of carbonyl (C=O) groups is 9. The Bertz CT molecular complexity index is 2950. The predicted octanol–water partition coefficient (Wildman–Crippen LogP) is 6.00. The Balaban J connectivity index is 1.22. The van der Waals surface area contributed by atoms with E-state index in [0.29, 0.717) is 37.1 Å². The summed E-state index contributed by atoms with van der Waals surface area (Å²) in [4.78, 5) is 125. The van der Waals surface area contributed by atoms with Gasteiger partial charge in [-0.05, 0) is 108 Å². The molecule has 3 aliphatic heterocycles. The van der Waals surface area contributed by atoms with E-state index in [1.54, 1.807) is 52.0 Å². The van der Waals surface area contributed by atoms with Crippen molar-refractivity contribution in [2.45, 2.75) is 179 Å². The Morgan fingerprint density at radius 3 is 2.34 bits per heavy atom.